The molecule has 51 nitrogen and oxygen atoms in total. The molecule has 5 N–H and O–H groups in total. The van der Waals surface area contributed by atoms with Crippen molar-refractivity contribution in [3.63, 3.8) is 0 Å². The molecule has 0 aliphatic carbocycles. The van der Waals surface area contributed by atoms with Crippen LogP contribution in [0.3, 0.4) is 0 Å². The normalized spacial score (nSPS) is 25.1. The fourth-order valence-corrected chi connectivity index (χ4v) is 14.8. The number of nitrogens with zero attached hydrogens (tertiary/aromatic N) is 9. The van der Waals surface area contributed by atoms with Crippen molar-refractivity contribution in [2.45, 2.75) is 211 Å². The van der Waals surface area contributed by atoms with E-state index in [0.717, 1.165) is 0 Å². The molecule has 4 amide bonds. The van der Waals surface area contributed by atoms with Gasteiger partial charge < -0.3 is 154 Å². The van der Waals surface area contributed by atoms with Crippen LogP contribution in [-0.4, -0.2) is 410 Å². The Balaban J connectivity index is 0.677. The topological polar surface area (TPSA) is 580 Å². The predicted molar refractivity (Wildman–Crippen MR) is 433 cm³/mol. The van der Waals surface area contributed by atoms with Crippen LogP contribution in [0, 0.1) is 0 Å². The van der Waals surface area contributed by atoms with E-state index >= 15 is 0 Å². The summed E-state index contributed by atoms with van der Waals surface area (Å²) in [5.41, 5.74) is -3.93. The van der Waals surface area contributed by atoms with Gasteiger partial charge in [0.25, 0.3) is 0 Å². The van der Waals surface area contributed by atoms with Crippen LogP contribution in [0.1, 0.15) is 92.2 Å². The quantitative estimate of drug-likeness (QED) is 0.0203. The van der Waals surface area contributed by atoms with Gasteiger partial charge in [-0.15, -0.1) is 15.3 Å². The highest BCUT2D eigenvalue weighted by Crippen LogP contribution is 2.44. The number of ether oxygens (including phenoxy) is 27. The molecule has 6 bridgehead atoms. The molecule has 131 heavy (non-hydrogen) atoms. The van der Waals surface area contributed by atoms with Gasteiger partial charge in [0.1, 0.15) is 40.7 Å². The first-order valence-corrected chi connectivity index (χ1v) is 43.1. The summed E-state index contributed by atoms with van der Waals surface area (Å²) in [5, 5.41) is 46.3. The Morgan fingerprint density at radius 1 is 0.366 bits per heavy atom. The van der Waals surface area contributed by atoms with E-state index in [1.54, 1.807) is 32.6 Å². The van der Waals surface area contributed by atoms with E-state index in [1.807, 2.05) is 0 Å². The summed E-state index contributed by atoms with van der Waals surface area (Å²) in [4.78, 5) is 123. The monoisotopic (exact) mass is 1880 g/mol. The minimum Gasteiger partial charge on any atom is -0.456 e. The Morgan fingerprint density at radius 2 is 0.618 bits per heavy atom. The van der Waals surface area contributed by atoms with Crippen molar-refractivity contribution >= 4 is 59.4 Å². The number of aliphatic hydroxyl groups excluding tert-OH is 1. The van der Waals surface area contributed by atoms with Gasteiger partial charge in [0.2, 0.25) is 23.6 Å². The zero-order valence-electron chi connectivity index (χ0n) is 75.3. The van der Waals surface area contributed by atoms with Crippen molar-refractivity contribution in [2.75, 3.05) is 205 Å². The average Bonchev–Trinajstić information content (AvgIpc) is 1.62. The van der Waals surface area contributed by atoms with Crippen molar-refractivity contribution in [1.82, 2.24) is 66.2 Å². The summed E-state index contributed by atoms with van der Waals surface area (Å²) in [6.07, 6.45) is -4.52. The molecule has 9 rings (SSSR count). The Bertz CT molecular complexity index is 3640. The highest BCUT2D eigenvalue weighted by Gasteiger charge is 2.66. The summed E-state index contributed by atoms with van der Waals surface area (Å²) < 4.78 is 162. The van der Waals surface area contributed by atoms with Crippen molar-refractivity contribution in [1.29, 1.82) is 0 Å². The summed E-state index contributed by atoms with van der Waals surface area (Å²) in [5.74, 6) is -5.65. The van der Waals surface area contributed by atoms with Crippen molar-refractivity contribution < 1.29 is 181 Å². The third kappa shape index (κ3) is 34.9. The number of carbonyl (C=O) groups excluding carboxylic acids is 10. The summed E-state index contributed by atoms with van der Waals surface area (Å²) >= 11 is 0. The first kappa shape index (κ1) is 106. The number of aliphatic hydroxyl groups is 1. The lowest BCUT2D eigenvalue weighted by molar-refractivity contribution is -0.251. The summed E-state index contributed by atoms with van der Waals surface area (Å²) in [6, 6.07) is -2.83. The second-order valence-corrected chi connectivity index (χ2v) is 31.3. The molecule has 0 saturated carbocycles. The molecule has 3 aromatic heterocycles. The van der Waals surface area contributed by atoms with E-state index in [1.165, 1.54) is 62.3 Å². The molecule has 15 atom stereocenters. The zero-order valence-corrected chi connectivity index (χ0v) is 75.3. The molecular formula is C80H125N13O38. The maximum absolute atomic E-state index is 13.7. The maximum Gasteiger partial charge on any atom is 0.303 e. The Labute approximate surface area is 755 Å². The third-order valence-electron chi connectivity index (χ3n) is 20.2. The number of hydrogen-bond donors (Lipinski definition) is 5. The van der Waals surface area contributed by atoms with Gasteiger partial charge in [0.15, 0.2) is 72.3 Å². The number of nitrogens with one attached hydrogen (secondary N) is 4. The van der Waals surface area contributed by atoms with Gasteiger partial charge in [0.05, 0.1) is 256 Å². The fraction of sp³-hybridized carbons (Fsp3) is 0.800. The van der Waals surface area contributed by atoms with Crippen molar-refractivity contribution in [2.24, 2.45) is 0 Å². The van der Waals surface area contributed by atoms with Crippen LogP contribution in [0.15, 0.2) is 18.6 Å². The standard InChI is InChI=1S/C80H125N13O38/c1-52(95)81-65-68(123-55(4)98)71(126-58(7)101)78(49-120-74(65)129-78)46-114-34-31-111-28-25-108-22-19-105-16-12-91-37-61(85-88-91)40-117-43-77(84-64(104)11-10-15-94,44-118-41-62-38-92(89-86-62)13-17-106-20-23-109-26-29-112-32-35-115-47-79-50-121-75(130-79)66(82-53(2)96)69(124-56(5)99)72(79)127-59(8)102)45-119-42-63-39-93(90-87-63)14-18-107-21-24-110-27-30-113-33-36-116-48-80-51-122-76(131-80)67(83-54(3)97)70(125-57(6)100)73(80)128-60(9)103/h37-39,65-76,94H,10-36,40-51H2,1-9H3,(H,81,95)(H,82,96)(H,83,97)(H,84,104)/t65-,66-,67-,68-,69-,70+,71-,72-,73-,74+,75+,76+,78-,79-,80+/m1/s1. The Morgan fingerprint density at radius 3 is 0.863 bits per heavy atom. The van der Waals surface area contributed by atoms with Crippen LogP contribution < -0.4 is 21.3 Å². The lowest BCUT2D eigenvalue weighted by atomic mass is 9.87. The van der Waals surface area contributed by atoms with Crippen LogP contribution in [0.4, 0.5) is 0 Å². The minimum atomic E-state index is -1.35. The second-order valence-electron chi connectivity index (χ2n) is 31.3. The molecule has 6 aliphatic rings. The summed E-state index contributed by atoms with van der Waals surface area (Å²) in [6.45, 7) is 15.6. The van der Waals surface area contributed by atoms with Gasteiger partial charge in [-0.25, -0.2) is 14.0 Å². The number of esters is 6. The van der Waals surface area contributed by atoms with Crippen LogP contribution in [-0.2, 0) is 215 Å². The number of rotatable bonds is 67. The highest BCUT2D eigenvalue weighted by atomic mass is 16.8. The molecule has 0 aromatic carbocycles. The first-order valence-electron chi connectivity index (χ1n) is 43.1. The smallest absolute Gasteiger partial charge is 0.303 e. The molecule has 6 saturated heterocycles. The van der Waals surface area contributed by atoms with Gasteiger partial charge in [-0.1, -0.05) is 15.6 Å². The highest BCUT2D eigenvalue weighted by molar-refractivity contribution is 5.77. The van der Waals surface area contributed by atoms with Crippen molar-refractivity contribution in [3.05, 3.63) is 35.7 Å². The largest absolute Gasteiger partial charge is 0.456 e. The second kappa shape index (κ2) is 55.2. The maximum atomic E-state index is 13.7. The van der Waals surface area contributed by atoms with E-state index < -0.39 is 155 Å². The van der Waals surface area contributed by atoms with Crippen molar-refractivity contribution in [3.8, 4) is 0 Å². The first-order chi connectivity index (χ1) is 63.1. The summed E-state index contributed by atoms with van der Waals surface area (Å²) in [7, 11) is 0. The molecule has 6 aliphatic heterocycles. The van der Waals surface area contributed by atoms with E-state index in [9.17, 15) is 53.1 Å². The van der Waals surface area contributed by atoms with Gasteiger partial charge in [-0.3, -0.25) is 47.9 Å². The lowest BCUT2D eigenvalue weighted by Gasteiger charge is -2.45. The zero-order chi connectivity index (χ0) is 94.0. The third-order valence-corrected chi connectivity index (χ3v) is 20.2. The molecule has 51 heteroatoms. The SMILES string of the molecule is CC(=O)N[C@H]1[C@H]2OC[C@@](COCCOCCOCCOCCn3cc(COCC(COCc4cn(CCOCCOCCOCCOC[C@]56CO[C@@H](O5)[C@H](NC(C)=O)[C@@H](OC(C)=O)[C@H]6OC(C)=O)nn4)(COCc4cn(CCOCCOCCOCCOC[C@@]56CO[C@@H](O5)[C@H](NC(C)=O)[C@H](OC(C)=O)[C@H]6OC(C)=O)nn4)NC(=O)CCCO)nn3)(O2)[C@H](OC(C)=O)[C@@H]1OC(C)=O. The van der Waals surface area contributed by atoms with E-state index in [2.05, 4.69) is 52.2 Å². The number of aromatic nitrogens is 9. The van der Waals surface area contributed by atoms with Gasteiger partial charge in [-0.2, -0.15) is 0 Å². The van der Waals surface area contributed by atoms with Gasteiger partial charge in [-0.05, 0) is 6.42 Å². The fourth-order valence-electron chi connectivity index (χ4n) is 14.8. The number of amides is 4. The van der Waals surface area contributed by atoms with E-state index in [0.29, 0.717) is 36.7 Å². The average molecular weight is 1880 g/mol. The Kier molecular flexibility index (Phi) is 44.6. The van der Waals surface area contributed by atoms with Crippen LogP contribution in [0.25, 0.3) is 0 Å². The predicted octanol–water partition coefficient (Wildman–Crippen LogP) is -4.28. The molecule has 6 fully saturated rings. The van der Waals surface area contributed by atoms with Crippen LogP contribution in [0.2, 0.25) is 0 Å². The number of carbonyl (C=O) groups is 10. The van der Waals surface area contributed by atoms with Gasteiger partial charge in [0, 0.05) is 75.3 Å². The molecular weight excluding hydrogens is 1750 g/mol. The molecule has 0 radical (unpaired) electrons. The number of fused-ring (bicyclic) bond motifs is 6. The van der Waals surface area contributed by atoms with E-state index in [-0.39, 0.29) is 237 Å². The minimum absolute atomic E-state index is 0.0274. The molecule has 0 unspecified atom stereocenters. The van der Waals surface area contributed by atoms with E-state index in [4.69, 9.17) is 128 Å². The molecule has 3 aromatic rings. The molecule has 738 valence electrons. The van der Waals surface area contributed by atoms with Gasteiger partial charge >= 0.3 is 35.8 Å². The van der Waals surface area contributed by atoms with Crippen LogP contribution >= 0.6 is 0 Å². The number of hydrogen-bond acceptors (Lipinski definition) is 44. The lowest BCUT2D eigenvalue weighted by Crippen LogP contribution is -2.68. The molecule has 0 spiro atoms. The van der Waals surface area contributed by atoms with Crippen LogP contribution in [0.5, 0.6) is 0 Å². The Hall–Kier alpha value is -8.76. The molecule has 9 heterocycles.